The average Bonchev–Trinajstić information content (AvgIpc) is 3.44. The minimum atomic E-state index is -0.253. The highest BCUT2D eigenvalue weighted by molar-refractivity contribution is 7.13. The summed E-state index contributed by atoms with van der Waals surface area (Å²) in [4.78, 5) is 29.6. The number of carbonyl (C=O) groups excluding carboxylic acids is 1. The van der Waals surface area contributed by atoms with Crippen LogP contribution in [0.5, 0.6) is 0 Å². The predicted octanol–water partition coefficient (Wildman–Crippen LogP) is 5.40. The Labute approximate surface area is 207 Å². The van der Waals surface area contributed by atoms with Crippen molar-refractivity contribution in [3.8, 4) is 10.6 Å². The second-order valence-electron chi connectivity index (χ2n) is 8.37. The van der Waals surface area contributed by atoms with Gasteiger partial charge in [0.2, 0.25) is 5.91 Å². The fourth-order valence-corrected chi connectivity index (χ4v) is 4.89. The van der Waals surface area contributed by atoms with Crippen molar-refractivity contribution >= 4 is 28.0 Å². The molecule has 0 radical (unpaired) electrons. The number of carbonyl (C=O) groups is 1. The lowest BCUT2D eigenvalue weighted by Gasteiger charge is -2.23. The Morgan fingerprint density at radius 1 is 0.800 bits per heavy atom. The van der Waals surface area contributed by atoms with E-state index in [1.807, 2.05) is 89.1 Å². The number of rotatable bonds is 8. The van der Waals surface area contributed by atoms with Crippen molar-refractivity contribution in [1.82, 2.24) is 14.7 Å². The lowest BCUT2D eigenvalue weighted by atomic mass is 10.1. The van der Waals surface area contributed by atoms with Gasteiger partial charge in [-0.15, -0.1) is 11.3 Å². The molecule has 0 unspecified atom stereocenters. The molecule has 0 N–H and O–H groups in total. The van der Waals surface area contributed by atoms with Crippen LogP contribution in [-0.4, -0.2) is 27.1 Å². The third kappa shape index (κ3) is 5.23. The van der Waals surface area contributed by atoms with Gasteiger partial charge < -0.3 is 4.90 Å². The maximum Gasteiger partial charge on any atom is 0.275 e. The number of nitrogens with zero attached hydrogens (tertiary/aromatic N) is 3. The van der Waals surface area contributed by atoms with Gasteiger partial charge in [0, 0.05) is 18.5 Å². The van der Waals surface area contributed by atoms with Crippen LogP contribution in [0.1, 0.15) is 11.1 Å². The van der Waals surface area contributed by atoms with E-state index in [-0.39, 0.29) is 18.0 Å². The molecule has 2 aromatic heterocycles. The van der Waals surface area contributed by atoms with Crippen LogP contribution in [0.25, 0.3) is 21.3 Å². The Hall–Kier alpha value is -4.03. The summed E-state index contributed by atoms with van der Waals surface area (Å²) in [6.45, 7) is 0.925. The SMILES string of the molecule is O=C(Cn1nc(-c2cccs2)c2ccccc2c1=O)N(CCc1ccccc1)Cc1ccccc1. The molecular formula is C29H25N3O2S. The van der Waals surface area contributed by atoms with Crippen LogP contribution in [0.15, 0.2) is 107 Å². The Kier molecular flexibility index (Phi) is 6.82. The molecule has 0 fully saturated rings. The first-order valence-electron chi connectivity index (χ1n) is 11.6. The summed E-state index contributed by atoms with van der Waals surface area (Å²) in [6, 6.07) is 31.4. The van der Waals surface area contributed by atoms with Crippen LogP contribution in [-0.2, 0) is 24.3 Å². The Bertz CT molecular complexity index is 1480. The molecule has 2 heterocycles. The monoisotopic (exact) mass is 479 g/mol. The second-order valence-corrected chi connectivity index (χ2v) is 9.32. The van der Waals surface area contributed by atoms with E-state index in [0.29, 0.717) is 18.5 Å². The molecule has 0 aliphatic heterocycles. The summed E-state index contributed by atoms with van der Waals surface area (Å²) in [5, 5.41) is 8.01. The van der Waals surface area contributed by atoms with E-state index in [1.54, 1.807) is 17.4 Å². The molecule has 6 heteroatoms. The second kappa shape index (κ2) is 10.5. The van der Waals surface area contributed by atoms with Crippen molar-refractivity contribution in [1.29, 1.82) is 0 Å². The molecule has 0 atom stereocenters. The number of benzene rings is 3. The van der Waals surface area contributed by atoms with Gasteiger partial charge >= 0.3 is 0 Å². The van der Waals surface area contributed by atoms with Crippen LogP contribution in [0.2, 0.25) is 0 Å². The molecule has 1 amide bonds. The molecule has 174 valence electrons. The minimum Gasteiger partial charge on any atom is -0.336 e. The quantitative estimate of drug-likeness (QED) is 0.300. The van der Waals surface area contributed by atoms with Crippen molar-refractivity contribution < 1.29 is 4.79 Å². The van der Waals surface area contributed by atoms with Crippen LogP contribution in [0.3, 0.4) is 0 Å². The van der Waals surface area contributed by atoms with E-state index in [2.05, 4.69) is 17.2 Å². The number of hydrogen-bond acceptors (Lipinski definition) is 4. The Morgan fingerprint density at radius 3 is 2.14 bits per heavy atom. The highest BCUT2D eigenvalue weighted by Crippen LogP contribution is 2.28. The van der Waals surface area contributed by atoms with E-state index >= 15 is 0 Å². The standard InChI is InChI=1S/C29H25N3O2S/c33-27(31(20-23-12-5-2-6-13-23)18-17-22-10-3-1-4-11-22)21-32-29(34)25-15-8-7-14-24(25)28(30-32)26-16-9-19-35-26/h1-16,19H,17-18,20-21H2. The van der Waals surface area contributed by atoms with E-state index in [0.717, 1.165) is 27.9 Å². The number of thiophene rings is 1. The van der Waals surface area contributed by atoms with Crippen molar-refractivity contribution in [2.45, 2.75) is 19.5 Å². The molecule has 0 aliphatic rings. The van der Waals surface area contributed by atoms with Gasteiger partial charge in [-0.1, -0.05) is 84.9 Å². The van der Waals surface area contributed by atoms with Crippen LogP contribution < -0.4 is 5.56 Å². The van der Waals surface area contributed by atoms with Gasteiger partial charge in [-0.3, -0.25) is 9.59 Å². The van der Waals surface area contributed by atoms with Crippen molar-refractivity contribution in [2.75, 3.05) is 6.54 Å². The van der Waals surface area contributed by atoms with Gasteiger partial charge in [0.25, 0.3) is 5.56 Å². The molecule has 5 aromatic rings. The van der Waals surface area contributed by atoms with Gasteiger partial charge in [0.05, 0.1) is 10.3 Å². The summed E-state index contributed by atoms with van der Waals surface area (Å²) >= 11 is 1.56. The number of hydrogen-bond donors (Lipinski definition) is 0. The fraction of sp³-hybridized carbons (Fsp3) is 0.138. The number of aromatic nitrogens is 2. The maximum absolute atomic E-state index is 13.6. The lowest BCUT2D eigenvalue weighted by Crippen LogP contribution is -2.38. The predicted molar refractivity (Wildman–Crippen MR) is 141 cm³/mol. The fourth-order valence-electron chi connectivity index (χ4n) is 4.17. The molecule has 0 bridgehead atoms. The molecule has 5 rings (SSSR count). The highest BCUT2D eigenvalue weighted by atomic mass is 32.1. The van der Waals surface area contributed by atoms with Crippen LogP contribution in [0.4, 0.5) is 0 Å². The van der Waals surface area contributed by atoms with Gasteiger partial charge in [-0.2, -0.15) is 5.10 Å². The molecule has 0 aliphatic carbocycles. The van der Waals surface area contributed by atoms with Gasteiger partial charge in [0.15, 0.2) is 0 Å². The first kappa shape index (κ1) is 22.7. The normalized spacial score (nSPS) is 11.0. The molecule has 35 heavy (non-hydrogen) atoms. The first-order valence-corrected chi connectivity index (χ1v) is 12.5. The minimum absolute atomic E-state index is 0.107. The van der Waals surface area contributed by atoms with Crippen molar-refractivity contribution in [3.05, 3.63) is 124 Å². The molecule has 0 spiro atoms. The Balaban J connectivity index is 1.46. The van der Waals surface area contributed by atoms with Gasteiger partial charge in [-0.05, 0) is 35.1 Å². The van der Waals surface area contributed by atoms with Crippen LogP contribution >= 0.6 is 11.3 Å². The summed E-state index contributed by atoms with van der Waals surface area (Å²) < 4.78 is 1.32. The van der Waals surface area contributed by atoms with E-state index < -0.39 is 0 Å². The zero-order valence-corrected chi connectivity index (χ0v) is 20.0. The zero-order valence-electron chi connectivity index (χ0n) is 19.2. The van der Waals surface area contributed by atoms with Crippen molar-refractivity contribution in [2.24, 2.45) is 0 Å². The molecule has 0 saturated carbocycles. The topological polar surface area (TPSA) is 55.2 Å². The molecule has 3 aromatic carbocycles. The summed E-state index contributed by atoms with van der Waals surface area (Å²) in [6.07, 6.45) is 0.736. The molecule has 5 nitrogen and oxygen atoms in total. The third-order valence-electron chi connectivity index (χ3n) is 5.99. The van der Waals surface area contributed by atoms with E-state index in [4.69, 9.17) is 0 Å². The van der Waals surface area contributed by atoms with Gasteiger partial charge in [-0.25, -0.2) is 4.68 Å². The molecular weight excluding hydrogens is 454 g/mol. The largest absolute Gasteiger partial charge is 0.336 e. The third-order valence-corrected chi connectivity index (χ3v) is 6.87. The number of amides is 1. The van der Waals surface area contributed by atoms with E-state index in [9.17, 15) is 9.59 Å². The molecule has 0 saturated heterocycles. The Morgan fingerprint density at radius 2 is 1.46 bits per heavy atom. The number of fused-ring (bicyclic) bond motifs is 1. The summed E-state index contributed by atoms with van der Waals surface area (Å²) in [5.74, 6) is -0.133. The van der Waals surface area contributed by atoms with E-state index in [1.165, 1.54) is 10.2 Å². The smallest absolute Gasteiger partial charge is 0.275 e. The van der Waals surface area contributed by atoms with Crippen LogP contribution in [0, 0.1) is 0 Å². The lowest BCUT2D eigenvalue weighted by molar-refractivity contribution is -0.132. The summed E-state index contributed by atoms with van der Waals surface area (Å²) in [5.41, 5.74) is 2.69. The maximum atomic E-state index is 13.6. The van der Waals surface area contributed by atoms with Crippen molar-refractivity contribution in [3.63, 3.8) is 0 Å². The first-order chi connectivity index (χ1) is 17.2. The highest BCUT2D eigenvalue weighted by Gasteiger charge is 2.19. The average molecular weight is 480 g/mol. The zero-order chi connectivity index (χ0) is 24.0. The van der Waals surface area contributed by atoms with Gasteiger partial charge in [0.1, 0.15) is 12.2 Å². The summed E-state index contributed by atoms with van der Waals surface area (Å²) in [7, 11) is 0.